The molecule has 1 unspecified atom stereocenters. The molecular weight excluding hydrogens is 306 g/mol. The van der Waals surface area contributed by atoms with Crippen LogP contribution >= 0.6 is 0 Å². The predicted molar refractivity (Wildman–Crippen MR) is 103 cm³/mol. The Labute approximate surface area is 148 Å². The first-order valence-corrected chi connectivity index (χ1v) is 8.74. The minimum Gasteiger partial charge on any atom is -0.455 e. The van der Waals surface area contributed by atoms with E-state index in [9.17, 15) is 0 Å². The molecule has 1 aromatic heterocycles. The number of rotatable bonds is 5. The third-order valence-corrected chi connectivity index (χ3v) is 4.58. The molecular formula is C23H21NO. The summed E-state index contributed by atoms with van der Waals surface area (Å²) in [5, 5.41) is 1.20. The molecule has 3 aromatic carbocycles. The molecule has 4 rings (SSSR count). The average molecular weight is 327 g/mol. The Hall–Kier alpha value is -3.00. The molecule has 2 heteroatoms. The number of hydrogen-bond acceptors (Lipinski definition) is 1. The number of hydrogen-bond donors (Lipinski definition) is 0. The Kier molecular flexibility index (Phi) is 4.26. The van der Waals surface area contributed by atoms with Gasteiger partial charge in [-0.2, -0.15) is 0 Å². The second kappa shape index (κ2) is 6.86. The van der Waals surface area contributed by atoms with Gasteiger partial charge in [-0.25, -0.2) is 0 Å². The number of aromatic nitrogens is 1. The maximum atomic E-state index is 6.20. The number of para-hydroxylation sites is 2. The summed E-state index contributed by atoms with van der Waals surface area (Å²) in [7, 11) is 0. The summed E-state index contributed by atoms with van der Waals surface area (Å²) in [5.41, 5.74) is 2.46. The Balaban J connectivity index is 1.82. The summed E-state index contributed by atoms with van der Waals surface area (Å²) in [4.78, 5) is 0. The van der Waals surface area contributed by atoms with E-state index in [2.05, 4.69) is 66.2 Å². The van der Waals surface area contributed by atoms with E-state index in [1.807, 2.05) is 36.4 Å². The van der Waals surface area contributed by atoms with Gasteiger partial charge in [0.25, 0.3) is 0 Å². The van der Waals surface area contributed by atoms with Gasteiger partial charge in [0.15, 0.2) is 5.75 Å². The van der Waals surface area contributed by atoms with Crippen LogP contribution in [0.2, 0.25) is 0 Å². The Morgan fingerprint density at radius 1 is 0.800 bits per heavy atom. The highest BCUT2D eigenvalue weighted by Crippen LogP contribution is 2.35. The fraction of sp³-hybridized carbons (Fsp3) is 0.130. The van der Waals surface area contributed by atoms with Gasteiger partial charge in [-0.3, -0.25) is 0 Å². The fourth-order valence-electron chi connectivity index (χ4n) is 3.41. The van der Waals surface area contributed by atoms with Crippen molar-refractivity contribution in [3.05, 3.63) is 96.7 Å². The largest absolute Gasteiger partial charge is 0.455 e. The summed E-state index contributed by atoms with van der Waals surface area (Å²) in [6.07, 6.45) is 3.19. The van der Waals surface area contributed by atoms with Crippen molar-refractivity contribution < 1.29 is 4.74 Å². The van der Waals surface area contributed by atoms with Crippen LogP contribution in [0.15, 0.2) is 91.1 Å². The predicted octanol–water partition coefficient (Wildman–Crippen LogP) is 6.43. The highest BCUT2D eigenvalue weighted by molar-refractivity contribution is 5.86. The van der Waals surface area contributed by atoms with Crippen molar-refractivity contribution in [2.75, 3.05) is 0 Å². The van der Waals surface area contributed by atoms with Crippen molar-refractivity contribution in [2.45, 2.75) is 19.4 Å². The molecule has 124 valence electrons. The van der Waals surface area contributed by atoms with Crippen LogP contribution in [-0.4, -0.2) is 4.57 Å². The highest BCUT2D eigenvalue weighted by atomic mass is 16.5. The number of ether oxygens (including phenoxy) is 1. The fourth-order valence-corrected chi connectivity index (χ4v) is 3.41. The molecule has 0 amide bonds. The lowest BCUT2D eigenvalue weighted by Gasteiger charge is -2.20. The molecule has 0 fully saturated rings. The molecule has 1 heterocycles. The summed E-state index contributed by atoms with van der Waals surface area (Å²) in [5.74, 6) is 1.75. The van der Waals surface area contributed by atoms with E-state index < -0.39 is 0 Å². The monoisotopic (exact) mass is 327 g/mol. The quantitative estimate of drug-likeness (QED) is 0.412. The standard InChI is InChI=1S/C23H21NO/c1-2-21(18-10-5-3-6-11-18)24-17-16-19-12-9-15-22(23(19)24)25-20-13-7-4-8-14-20/h3-17,21H,2H2,1H3. The molecule has 0 aliphatic carbocycles. The second-order valence-corrected chi connectivity index (χ2v) is 6.17. The van der Waals surface area contributed by atoms with Crippen LogP contribution in [0, 0.1) is 0 Å². The Morgan fingerprint density at radius 2 is 1.52 bits per heavy atom. The zero-order valence-corrected chi connectivity index (χ0v) is 14.3. The van der Waals surface area contributed by atoms with E-state index in [1.54, 1.807) is 0 Å². The normalized spacial score (nSPS) is 12.2. The molecule has 0 aliphatic heterocycles. The summed E-state index contributed by atoms with van der Waals surface area (Å²) >= 11 is 0. The first kappa shape index (κ1) is 15.5. The van der Waals surface area contributed by atoms with Crippen LogP contribution in [0.4, 0.5) is 0 Å². The van der Waals surface area contributed by atoms with E-state index in [4.69, 9.17) is 4.74 Å². The number of benzene rings is 3. The maximum absolute atomic E-state index is 6.20. The van der Waals surface area contributed by atoms with Crippen molar-refractivity contribution in [1.82, 2.24) is 4.57 Å². The minimum absolute atomic E-state index is 0.291. The smallest absolute Gasteiger partial charge is 0.151 e. The van der Waals surface area contributed by atoms with E-state index in [0.29, 0.717) is 6.04 Å². The highest BCUT2D eigenvalue weighted by Gasteiger charge is 2.16. The molecule has 0 N–H and O–H groups in total. The SMILES string of the molecule is CCC(c1ccccc1)n1ccc2cccc(Oc3ccccc3)c21. The van der Waals surface area contributed by atoms with Gasteiger partial charge in [0, 0.05) is 11.6 Å². The average Bonchev–Trinajstić information content (AvgIpc) is 3.09. The summed E-state index contributed by atoms with van der Waals surface area (Å²) < 4.78 is 8.54. The first-order valence-electron chi connectivity index (χ1n) is 8.74. The third-order valence-electron chi connectivity index (χ3n) is 4.58. The van der Waals surface area contributed by atoms with Gasteiger partial charge in [-0.15, -0.1) is 0 Å². The minimum atomic E-state index is 0.291. The van der Waals surface area contributed by atoms with Gasteiger partial charge in [-0.05, 0) is 36.2 Å². The summed E-state index contributed by atoms with van der Waals surface area (Å²) in [6.45, 7) is 2.23. The lowest BCUT2D eigenvalue weighted by atomic mass is 10.0. The van der Waals surface area contributed by atoms with Crippen molar-refractivity contribution in [3.63, 3.8) is 0 Å². The lowest BCUT2D eigenvalue weighted by molar-refractivity contribution is 0.481. The third kappa shape index (κ3) is 3.03. The van der Waals surface area contributed by atoms with Gasteiger partial charge in [0.2, 0.25) is 0 Å². The second-order valence-electron chi connectivity index (χ2n) is 6.17. The molecule has 0 radical (unpaired) electrons. The zero-order valence-electron chi connectivity index (χ0n) is 14.3. The first-order chi connectivity index (χ1) is 12.4. The van der Waals surface area contributed by atoms with Gasteiger partial charge >= 0.3 is 0 Å². The van der Waals surface area contributed by atoms with Crippen LogP contribution in [0.3, 0.4) is 0 Å². The van der Waals surface area contributed by atoms with E-state index in [-0.39, 0.29) is 0 Å². The van der Waals surface area contributed by atoms with Crippen LogP contribution < -0.4 is 4.74 Å². The Bertz CT molecular complexity index is 957. The molecule has 25 heavy (non-hydrogen) atoms. The molecule has 0 saturated carbocycles. The van der Waals surface area contributed by atoms with Gasteiger partial charge < -0.3 is 9.30 Å². The van der Waals surface area contributed by atoms with Crippen molar-refractivity contribution in [1.29, 1.82) is 0 Å². The lowest BCUT2D eigenvalue weighted by Crippen LogP contribution is -2.08. The molecule has 2 nitrogen and oxygen atoms in total. The molecule has 0 saturated heterocycles. The van der Waals surface area contributed by atoms with Gasteiger partial charge in [0.05, 0.1) is 11.6 Å². The Morgan fingerprint density at radius 3 is 2.24 bits per heavy atom. The van der Waals surface area contributed by atoms with Crippen LogP contribution in [0.5, 0.6) is 11.5 Å². The zero-order chi connectivity index (χ0) is 17.1. The summed E-state index contributed by atoms with van der Waals surface area (Å²) in [6, 6.07) is 29.3. The number of nitrogens with zero attached hydrogens (tertiary/aromatic N) is 1. The molecule has 0 spiro atoms. The van der Waals surface area contributed by atoms with Crippen molar-refractivity contribution in [3.8, 4) is 11.5 Å². The molecule has 1 atom stereocenters. The van der Waals surface area contributed by atoms with E-state index >= 15 is 0 Å². The molecule has 0 aliphatic rings. The van der Waals surface area contributed by atoms with Gasteiger partial charge in [-0.1, -0.05) is 67.6 Å². The number of fused-ring (bicyclic) bond motifs is 1. The topological polar surface area (TPSA) is 14.2 Å². The molecule has 4 aromatic rings. The van der Waals surface area contributed by atoms with Crippen molar-refractivity contribution in [2.24, 2.45) is 0 Å². The van der Waals surface area contributed by atoms with Crippen LogP contribution in [0.25, 0.3) is 10.9 Å². The van der Waals surface area contributed by atoms with Crippen molar-refractivity contribution >= 4 is 10.9 Å². The maximum Gasteiger partial charge on any atom is 0.151 e. The van der Waals surface area contributed by atoms with E-state index in [0.717, 1.165) is 23.4 Å². The molecule has 0 bridgehead atoms. The van der Waals surface area contributed by atoms with Crippen LogP contribution in [-0.2, 0) is 0 Å². The van der Waals surface area contributed by atoms with Gasteiger partial charge in [0.1, 0.15) is 5.75 Å². The van der Waals surface area contributed by atoms with E-state index in [1.165, 1.54) is 10.9 Å². The van der Waals surface area contributed by atoms with Crippen LogP contribution in [0.1, 0.15) is 24.9 Å².